The molecule has 1 amide bonds. The third-order valence-electron chi connectivity index (χ3n) is 5.13. The lowest BCUT2D eigenvalue weighted by molar-refractivity contribution is -0.119. The van der Waals surface area contributed by atoms with E-state index in [2.05, 4.69) is 10.3 Å². The number of rotatable bonds is 7. The Kier molecular flexibility index (Phi) is 6.46. The molecular weight excluding hydrogens is 414 g/mol. The average Bonchev–Trinajstić information content (AvgIpc) is 2.79. The third-order valence-corrected chi connectivity index (χ3v) is 6.11. The molecule has 0 spiro atoms. The van der Waals surface area contributed by atoms with E-state index in [1.807, 2.05) is 50.2 Å². The number of aromatic nitrogens is 2. The molecule has 0 radical (unpaired) electrons. The first-order valence-corrected chi connectivity index (χ1v) is 11.3. The van der Waals surface area contributed by atoms with E-state index < -0.39 is 0 Å². The van der Waals surface area contributed by atoms with E-state index in [1.165, 1.54) is 11.8 Å². The van der Waals surface area contributed by atoms with Crippen LogP contribution in [0.5, 0.6) is 11.5 Å². The van der Waals surface area contributed by atoms with Crippen molar-refractivity contribution >= 4 is 28.6 Å². The summed E-state index contributed by atoms with van der Waals surface area (Å²) in [6.45, 7) is 4.59. The molecule has 4 rings (SSSR count). The Balaban J connectivity index is 1.60. The summed E-state index contributed by atoms with van der Waals surface area (Å²) in [5.74, 6) is 1.45. The zero-order valence-electron chi connectivity index (χ0n) is 17.5. The Hall–Kier alpha value is -3.00. The van der Waals surface area contributed by atoms with E-state index in [4.69, 9.17) is 9.47 Å². The van der Waals surface area contributed by atoms with Crippen LogP contribution in [-0.2, 0) is 11.3 Å². The minimum Gasteiger partial charge on any atom is -0.486 e. The van der Waals surface area contributed by atoms with E-state index in [0.29, 0.717) is 34.2 Å². The van der Waals surface area contributed by atoms with Crippen molar-refractivity contribution in [2.75, 3.05) is 12.4 Å². The summed E-state index contributed by atoms with van der Waals surface area (Å²) in [7, 11) is 0. The average molecular weight is 440 g/mol. The van der Waals surface area contributed by atoms with Gasteiger partial charge >= 0.3 is 0 Å². The molecule has 2 atom stereocenters. The second-order valence-corrected chi connectivity index (χ2v) is 8.43. The molecule has 1 aliphatic rings. The van der Waals surface area contributed by atoms with Crippen LogP contribution in [0.3, 0.4) is 0 Å². The summed E-state index contributed by atoms with van der Waals surface area (Å²) in [5.41, 5.74) is 0.456. The number of carbonyl (C=O) groups is 1. The van der Waals surface area contributed by atoms with Gasteiger partial charge in [-0.3, -0.25) is 14.2 Å². The summed E-state index contributed by atoms with van der Waals surface area (Å²) >= 11 is 1.25. The minimum atomic E-state index is -0.344. The number of fused-ring (bicyclic) bond motifs is 2. The summed E-state index contributed by atoms with van der Waals surface area (Å²) in [6, 6.07) is 14.8. The predicted molar refractivity (Wildman–Crippen MR) is 121 cm³/mol. The molecule has 1 N–H and O–H groups in total. The number of carbonyl (C=O) groups excluding carboxylic acids is 1. The number of hydrogen-bond acceptors (Lipinski definition) is 6. The number of benzene rings is 2. The van der Waals surface area contributed by atoms with Gasteiger partial charge in [0.15, 0.2) is 22.8 Å². The molecule has 0 saturated carbocycles. The van der Waals surface area contributed by atoms with Crippen molar-refractivity contribution < 1.29 is 14.3 Å². The summed E-state index contributed by atoms with van der Waals surface area (Å²) < 4.78 is 13.4. The highest BCUT2D eigenvalue weighted by Gasteiger charge is 2.24. The van der Waals surface area contributed by atoms with Crippen LogP contribution < -0.4 is 20.3 Å². The fraction of sp³-hybridized carbons (Fsp3) is 0.348. The third kappa shape index (κ3) is 4.85. The minimum absolute atomic E-state index is 0.0838. The van der Waals surface area contributed by atoms with E-state index in [9.17, 15) is 9.59 Å². The van der Waals surface area contributed by atoms with Crippen LogP contribution in [0.25, 0.3) is 10.9 Å². The Morgan fingerprint density at radius 2 is 1.97 bits per heavy atom. The van der Waals surface area contributed by atoms with Gasteiger partial charge in [-0.25, -0.2) is 4.98 Å². The van der Waals surface area contributed by atoms with Crippen molar-refractivity contribution in [2.24, 2.45) is 0 Å². The molecule has 8 heteroatoms. The van der Waals surface area contributed by atoms with Crippen molar-refractivity contribution in [2.45, 2.75) is 44.1 Å². The lowest BCUT2D eigenvalue weighted by atomic mass is 10.2. The molecule has 2 aromatic carbocycles. The molecule has 1 aromatic heterocycles. The Morgan fingerprint density at radius 1 is 1.23 bits per heavy atom. The number of amides is 1. The highest BCUT2D eigenvalue weighted by atomic mass is 32.2. The number of nitrogens with zero attached hydrogens (tertiary/aromatic N) is 2. The molecule has 0 aliphatic carbocycles. The molecule has 0 saturated heterocycles. The molecule has 2 heterocycles. The van der Waals surface area contributed by atoms with Gasteiger partial charge in [0.1, 0.15) is 6.61 Å². The topological polar surface area (TPSA) is 82.5 Å². The normalized spacial score (nSPS) is 16.1. The van der Waals surface area contributed by atoms with E-state index >= 15 is 0 Å². The zero-order valence-corrected chi connectivity index (χ0v) is 18.4. The first kappa shape index (κ1) is 21.2. The number of para-hydroxylation sites is 3. The summed E-state index contributed by atoms with van der Waals surface area (Å²) in [6.07, 6.45) is 0.513. The highest BCUT2D eigenvalue weighted by molar-refractivity contribution is 7.99. The van der Waals surface area contributed by atoms with Crippen LogP contribution in [0.15, 0.2) is 58.5 Å². The van der Waals surface area contributed by atoms with Gasteiger partial charge in [-0.15, -0.1) is 0 Å². The standard InChI is InChI=1S/C23H25N3O4S/c1-3-15(2)24-21(27)14-31-23-25-18-9-5-4-8-17(18)22(28)26(23)12-16-13-29-19-10-6-7-11-20(19)30-16/h4-11,15-16H,3,12-14H2,1-2H3,(H,24,27)/t15-,16+/m1/s1. The molecule has 0 unspecified atom stereocenters. The smallest absolute Gasteiger partial charge is 0.262 e. The first-order valence-electron chi connectivity index (χ1n) is 10.4. The van der Waals surface area contributed by atoms with Crippen molar-refractivity contribution in [1.82, 2.24) is 14.9 Å². The molecule has 3 aromatic rings. The van der Waals surface area contributed by atoms with Gasteiger partial charge in [0, 0.05) is 6.04 Å². The number of nitrogens with one attached hydrogen (secondary N) is 1. The van der Waals surface area contributed by atoms with Crippen LogP contribution in [-0.4, -0.2) is 40.0 Å². The van der Waals surface area contributed by atoms with Gasteiger partial charge < -0.3 is 14.8 Å². The predicted octanol–water partition coefficient (Wildman–Crippen LogP) is 3.24. The van der Waals surface area contributed by atoms with Crippen LogP contribution in [0, 0.1) is 0 Å². The van der Waals surface area contributed by atoms with Gasteiger partial charge in [0.2, 0.25) is 5.91 Å². The van der Waals surface area contributed by atoms with Crippen molar-refractivity contribution in [3.8, 4) is 11.5 Å². The lowest BCUT2D eigenvalue weighted by Crippen LogP contribution is -2.38. The SMILES string of the molecule is CC[C@@H](C)NC(=O)CSc1nc2ccccc2c(=O)n1C[C@H]1COc2ccccc2O1. The maximum atomic E-state index is 13.3. The fourth-order valence-corrected chi connectivity index (χ4v) is 4.14. The maximum Gasteiger partial charge on any atom is 0.262 e. The van der Waals surface area contributed by atoms with Crippen molar-refractivity contribution in [3.63, 3.8) is 0 Å². The first-order chi connectivity index (χ1) is 15.0. The van der Waals surface area contributed by atoms with Crippen molar-refractivity contribution in [3.05, 3.63) is 58.9 Å². The molecule has 0 fully saturated rings. The molecular formula is C23H25N3O4S. The lowest BCUT2D eigenvalue weighted by Gasteiger charge is -2.27. The van der Waals surface area contributed by atoms with E-state index in [1.54, 1.807) is 16.7 Å². The number of ether oxygens (including phenoxy) is 2. The van der Waals surface area contributed by atoms with Gasteiger partial charge in [-0.1, -0.05) is 43.0 Å². The highest BCUT2D eigenvalue weighted by Crippen LogP contribution is 2.31. The summed E-state index contributed by atoms with van der Waals surface area (Å²) in [5, 5.41) is 3.97. The molecule has 0 bridgehead atoms. The fourth-order valence-electron chi connectivity index (χ4n) is 3.32. The van der Waals surface area contributed by atoms with Crippen LogP contribution in [0.2, 0.25) is 0 Å². The maximum absolute atomic E-state index is 13.3. The molecule has 31 heavy (non-hydrogen) atoms. The quantitative estimate of drug-likeness (QED) is 0.450. The monoisotopic (exact) mass is 439 g/mol. The number of hydrogen-bond donors (Lipinski definition) is 1. The van der Waals surface area contributed by atoms with Crippen molar-refractivity contribution in [1.29, 1.82) is 0 Å². The molecule has 7 nitrogen and oxygen atoms in total. The number of thioether (sulfide) groups is 1. The summed E-state index contributed by atoms with van der Waals surface area (Å²) in [4.78, 5) is 30.2. The van der Waals surface area contributed by atoms with Gasteiger partial charge in [-0.05, 0) is 37.6 Å². The molecule has 1 aliphatic heterocycles. The Morgan fingerprint density at radius 3 is 2.77 bits per heavy atom. The van der Waals surface area contributed by atoms with Crippen LogP contribution in [0.1, 0.15) is 20.3 Å². The second kappa shape index (κ2) is 9.43. The Labute approximate surface area is 184 Å². The van der Waals surface area contributed by atoms with Gasteiger partial charge in [0.25, 0.3) is 5.56 Å². The molecule has 162 valence electrons. The Bertz CT molecular complexity index is 1150. The van der Waals surface area contributed by atoms with Crippen LogP contribution >= 0.6 is 11.8 Å². The van der Waals surface area contributed by atoms with Crippen LogP contribution in [0.4, 0.5) is 0 Å². The van der Waals surface area contributed by atoms with E-state index in [0.717, 1.165) is 6.42 Å². The largest absolute Gasteiger partial charge is 0.486 e. The second-order valence-electron chi connectivity index (χ2n) is 7.49. The van der Waals surface area contributed by atoms with E-state index in [-0.39, 0.29) is 35.9 Å². The zero-order chi connectivity index (χ0) is 21.8. The van der Waals surface area contributed by atoms with Gasteiger partial charge in [0.05, 0.1) is 23.2 Å². The van der Waals surface area contributed by atoms with Gasteiger partial charge in [-0.2, -0.15) is 0 Å².